The SMILES string of the molecule is Cl.NCCc1ccc2c(c1)CN(C1CCC(=O)NC1=O)C2=O. The van der Waals surface area contributed by atoms with E-state index < -0.39 is 6.04 Å². The molecule has 3 rings (SSSR count). The van der Waals surface area contributed by atoms with E-state index in [-0.39, 0.29) is 36.5 Å². The fourth-order valence-corrected chi connectivity index (χ4v) is 2.95. The highest BCUT2D eigenvalue weighted by Gasteiger charge is 2.38. The van der Waals surface area contributed by atoms with Crippen LogP contribution in [-0.4, -0.2) is 35.2 Å². The lowest BCUT2D eigenvalue weighted by Gasteiger charge is -2.29. The summed E-state index contributed by atoms with van der Waals surface area (Å²) in [7, 11) is 0. The van der Waals surface area contributed by atoms with Gasteiger partial charge in [-0.1, -0.05) is 12.1 Å². The molecule has 1 aromatic rings. The minimum atomic E-state index is -0.555. The Balaban J connectivity index is 0.00000176. The van der Waals surface area contributed by atoms with Crippen molar-refractivity contribution < 1.29 is 14.4 Å². The van der Waals surface area contributed by atoms with Gasteiger partial charge in [-0.15, -0.1) is 12.4 Å². The molecular weight excluding hydrogens is 306 g/mol. The number of hydrogen-bond acceptors (Lipinski definition) is 4. The van der Waals surface area contributed by atoms with Crippen molar-refractivity contribution in [3.8, 4) is 0 Å². The van der Waals surface area contributed by atoms with Crippen LogP contribution in [0.15, 0.2) is 18.2 Å². The third kappa shape index (κ3) is 2.84. The lowest BCUT2D eigenvalue weighted by Crippen LogP contribution is -2.52. The third-order valence-electron chi connectivity index (χ3n) is 4.02. The molecule has 0 aliphatic carbocycles. The van der Waals surface area contributed by atoms with Gasteiger partial charge in [0, 0.05) is 18.5 Å². The summed E-state index contributed by atoms with van der Waals surface area (Å²) in [4.78, 5) is 37.1. The van der Waals surface area contributed by atoms with Crippen molar-refractivity contribution in [1.29, 1.82) is 0 Å². The number of rotatable bonds is 3. The van der Waals surface area contributed by atoms with Crippen LogP contribution in [0, 0.1) is 0 Å². The highest BCUT2D eigenvalue weighted by molar-refractivity contribution is 6.05. The standard InChI is InChI=1S/C15H17N3O3.ClH/c16-6-5-9-1-2-11-10(7-9)8-18(15(11)21)12-3-4-13(19)17-14(12)20;/h1-2,7,12H,3-6,8,16H2,(H,17,19,20);1H. The Morgan fingerprint density at radius 3 is 2.73 bits per heavy atom. The second kappa shape index (κ2) is 6.46. The predicted octanol–water partition coefficient (Wildman–Crippen LogP) is 0.371. The van der Waals surface area contributed by atoms with Gasteiger partial charge in [0.05, 0.1) is 0 Å². The van der Waals surface area contributed by atoms with Gasteiger partial charge in [-0.05, 0) is 36.6 Å². The quantitative estimate of drug-likeness (QED) is 0.786. The van der Waals surface area contributed by atoms with Crippen LogP contribution in [0.1, 0.15) is 34.3 Å². The zero-order valence-electron chi connectivity index (χ0n) is 12.0. The van der Waals surface area contributed by atoms with Gasteiger partial charge in [0.15, 0.2) is 0 Å². The number of fused-ring (bicyclic) bond motifs is 1. The molecule has 0 saturated carbocycles. The molecular formula is C15H18ClN3O3. The van der Waals surface area contributed by atoms with E-state index >= 15 is 0 Å². The Kier molecular flexibility index (Phi) is 4.83. The van der Waals surface area contributed by atoms with Crippen molar-refractivity contribution in [2.45, 2.75) is 31.8 Å². The Hall–Kier alpha value is -1.92. The molecule has 1 unspecified atom stereocenters. The summed E-state index contributed by atoms with van der Waals surface area (Å²) in [6, 6.07) is 5.12. The lowest BCUT2D eigenvalue weighted by molar-refractivity contribution is -0.136. The van der Waals surface area contributed by atoms with Crippen molar-refractivity contribution in [3.05, 3.63) is 34.9 Å². The number of halogens is 1. The molecule has 118 valence electrons. The summed E-state index contributed by atoms with van der Waals surface area (Å²) >= 11 is 0. The molecule has 1 atom stereocenters. The zero-order chi connectivity index (χ0) is 15.0. The van der Waals surface area contributed by atoms with Crippen LogP contribution in [0.3, 0.4) is 0 Å². The minimum absolute atomic E-state index is 0. The molecule has 22 heavy (non-hydrogen) atoms. The second-order valence-corrected chi connectivity index (χ2v) is 5.43. The average molecular weight is 324 g/mol. The molecule has 2 aliphatic rings. The number of carbonyl (C=O) groups excluding carboxylic acids is 3. The van der Waals surface area contributed by atoms with Crippen LogP contribution in [0.2, 0.25) is 0 Å². The number of hydrogen-bond donors (Lipinski definition) is 2. The first-order chi connectivity index (χ1) is 10.1. The Labute approximate surface area is 134 Å². The van der Waals surface area contributed by atoms with E-state index in [1.807, 2.05) is 12.1 Å². The van der Waals surface area contributed by atoms with Gasteiger partial charge in [-0.25, -0.2) is 0 Å². The van der Waals surface area contributed by atoms with Crippen LogP contribution in [0.5, 0.6) is 0 Å². The predicted molar refractivity (Wildman–Crippen MR) is 82.5 cm³/mol. The smallest absolute Gasteiger partial charge is 0.255 e. The van der Waals surface area contributed by atoms with E-state index in [1.54, 1.807) is 11.0 Å². The first-order valence-electron chi connectivity index (χ1n) is 7.06. The Bertz CT molecular complexity index is 632. The number of nitrogens with one attached hydrogen (secondary N) is 1. The topological polar surface area (TPSA) is 92.5 Å². The summed E-state index contributed by atoms with van der Waals surface area (Å²) in [5, 5.41) is 2.30. The molecule has 0 radical (unpaired) electrons. The number of piperidine rings is 1. The summed E-state index contributed by atoms with van der Waals surface area (Å²) in [5.74, 6) is -0.793. The van der Waals surface area contributed by atoms with Crippen LogP contribution in [-0.2, 0) is 22.6 Å². The average Bonchev–Trinajstić information content (AvgIpc) is 2.76. The first kappa shape index (κ1) is 16.5. The van der Waals surface area contributed by atoms with Crippen molar-refractivity contribution in [1.82, 2.24) is 10.2 Å². The zero-order valence-corrected chi connectivity index (χ0v) is 12.8. The Morgan fingerprint density at radius 2 is 2.05 bits per heavy atom. The molecule has 1 fully saturated rings. The molecule has 0 spiro atoms. The molecule has 2 aliphatic heterocycles. The molecule has 0 bridgehead atoms. The van der Waals surface area contributed by atoms with Crippen LogP contribution in [0.4, 0.5) is 0 Å². The maximum Gasteiger partial charge on any atom is 0.255 e. The molecule has 1 saturated heterocycles. The van der Waals surface area contributed by atoms with Crippen LogP contribution < -0.4 is 11.1 Å². The first-order valence-corrected chi connectivity index (χ1v) is 7.06. The van der Waals surface area contributed by atoms with Gasteiger partial charge in [-0.2, -0.15) is 0 Å². The number of benzene rings is 1. The fourth-order valence-electron chi connectivity index (χ4n) is 2.95. The normalized spacial score (nSPS) is 20.5. The van der Waals surface area contributed by atoms with Gasteiger partial charge < -0.3 is 10.6 Å². The lowest BCUT2D eigenvalue weighted by atomic mass is 10.0. The molecule has 3 N–H and O–H groups in total. The van der Waals surface area contributed by atoms with Gasteiger partial charge in [0.1, 0.15) is 6.04 Å². The van der Waals surface area contributed by atoms with Crippen molar-refractivity contribution in [3.63, 3.8) is 0 Å². The molecule has 7 heteroatoms. The summed E-state index contributed by atoms with van der Waals surface area (Å²) in [5.41, 5.74) is 8.20. The van der Waals surface area contributed by atoms with E-state index in [9.17, 15) is 14.4 Å². The largest absolute Gasteiger partial charge is 0.330 e. The van der Waals surface area contributed by atoms with Crippen LogP contribution >= 0.6 is 12.4 Å². The Morgan fingerprint density at radius 1 is 1.27 bits per heavy atom. The van der Waals surface area contributed by atoms with Gasteiger partial charge in [0.25, 0.3) is 5.91 Å². The second-order valence-electron chi connectivity index (χ2n) is 5.43. The van der Waals surface area contributed by atoms with Crippen molar-refractivity contribution in [2.75, 3.05) is 6.54 Å². The molecule has 3 amide bonds. The summed E-state index contributed by atoms with van der Waals surface area (Å²) in [6.07, 6.45) is 1.43. The number of imide groups is 1. The van der Waals surface area contributed by atoms with E-state index in [1.165, 1.54) is 0 Å². The molecule has 2 heterocycles. The van der Waals surface area contributed by atoms with Gasteiger partial charge >= 0.3 is 0 Å². The van der Waals surface area contributed by atoms with E-state index in [4.69, 9.17) is 5.73 Å². The fraction of sp³-hybridized carbons (Fsp3) is 0.400. The van der Waals surface area contributed by atoms with Gasteiger partial charge in [-0.3, -0.25) is 19.7 Å². The highest BCUT2D eigenvalue weighted by atomic mass is 35.5. The van der Waals surface area contributed by atoms with E-state index in [0.717, 1.165) is 17.5 Å². The number of nitrogens with two attached hydrogens (primary N) is 1. The third-order valence-corrected chi connectivity index (χ3v) is 4.02. The summed E-state index contributed by atoms with van der Waals surface area (Å²) < 4.78 is 0. The molecule has 0 aromatic heterocycles. The number of amides is 3. The molecule has 1 aromatic carbocycles. The van der Waals surface area contributed by atoms with Gasteiger partial charge in [0.2, 0.25) is 11.8 Å². The number of nitrogens with zero attached hydrogens (tertiary/aromatic N) is 1. The highest BCUT2D eigenvalue weighted by Crippen LogP contribution is 2.28. The maximum atomic E-state index is 12.4. The summed E-state index contributed by atoms with van der Waals surface area (Å²) in [6.45, 7) is 0.975. The van der Waals surface area contributed by atoms with Crippen molar-refractivity contribution >= 4 is 30.1 Å². The van der Waals surface area contributed by atoms with Crippen molar-refractivity contribution in [2.24, 2.45) is 5.73 Å². The maximum absolute atomic E-state index is 12.4. The van der Waals surface area contributed by atoms with E-state index in [0.29, 0.717) is 25.1 Å². The van der Waals surface area contributed by atoms with Crippen LogP contribution in [0.25, 0.3) is 0 Å². The minimum Gasteiger partial charge on any atom is -0.330 e. The molecule has 6 nitrogen and oxygen atoms in total. The number of carbonyl (C=O) groups is 3. The van der Waals surface area contributed by atoms with E-state index in [2.05, 4.69) is 5.32 Å². The monoisotopic (exact) mass is 323 g/mol.